The Kier molecular flexibility index (Phi) is 13.2. The largest absolute Gasteiger partial charge is 0.394 e. The lowest BCUT2D eigenvalue weighted by Gasteiger charge is -2.06. The summed E-state index contributed by atoms with van der Waals surface area (Å²) >= 11 is 0. The minimum absolute atomic E-state index is 0.0441. The Morgan fingerprint density at radius 1 is 1.00 bits per heavy atom. The van der Waals surface area contributed by atoms with Crippen LogP contribution < -0.4 is 0 Å². The van der Waals surface area contributed by atoms with Gasteiger partial charge in [0.25, 0.3) is 0 Å². The van der Waals surface area contributed by atoms with Crippen molar-refractivity contribution in [3.8, 4) is 0 Å². The lowest BCUT2D eigenvalue weighted by molar-refractivity contribution is 0.00628. The zero-order valence-corrected chi connectivity index (χ0v) is 14.6. The second-order valence-electron chi connectivity index (χ2n) is 5.42. The van der Waals surface area contributed by atoms with Crippen LogP contribution in [-0.2, 0) is 27.2 Å². The molecular weight excluding hydrogens is 310 g/mol. The summed E-state index contributed by atoms with van der Waals surface area (Å²) in [4.78, 5) is 0. The molecule has 1 aromatic heterocycles. The summed E-state index contributed by atoms with van der Waals surface area (Å²) in [6.07, 6.45) is 9.56. The van der Waals surface area contributed by atoms with Crippen molar-refractivity contribution in [2.45, 2.75) is 38.6 Å². The maximum atomic E-state index is 8.53. The van der Waals surface area contributed by atoms with Gasteiger partial charge in [-0.1, -0.05) is 17.7 Å². The number of aliphatic hydroxyl groups is 1. The van der Waals surface area contributed by atoms with E-state index in [1.165, 1.54) is 12.8 Å². The lowest BCUT2D eigenvalue weighted by Crippen LogP contribution is -2.13. The third-order valence-corrected chi connectivity index (χ3v) is 3.37. The number of unbranched alkanes of at least 4 members (excludes halogenated alkanes) is 3. The van der Waals surface area contributed by atoms with E-state index in [1.54, 1.807) is 0 Å². The Balaban J connectivity index is 1.93. The average Bonchev–Trinajstić information content (AvgIpc) is 3.04. The van der Waals surface area contributed by atoms with Gasteiger partial charge < -0.3 is 19.3 Å². The van der Waals surface area contributed by atoms with E-state index in [9.17, 15) is 0 Å². The Hall–Kier alpha value is -1.28. The summed E-state index contributed by atoms with van der Waals surface area (Å²) in [7, 11) is 0. The number of hydrogen-bond donors (Lipinski definition) is 1. The number of aryl methyl sites for hydroxylation is 1. The van der Waals surface area contributed by atoms with E-state index in [4.69, 9.17) is 19.3 Å². The molecule has 138 valence electrons. The highest BCUT2D eigenvalue weighted by molar-refractivity contribution is 4.92. The van der Waals surface area contributed by atoms with Crippen molar-refractivity contribution in [2.24, 2.45) is 0 Å². The van der Waals surface area contributed by atoms with E-state index in [1.807, 2.05) is 17.0 Å². The van der Waals surface area contributed by atoms with Gasteiger partial charge in [0.2, 0.25) is 0 Å². The Morgan fingerprint density at radius 3 is 2.42 bits per heavy atom. The Morgan fingerprint density at radius 2 is 1.71 bits per heavy atom. The molecule has 0 amide bonds. The third-order valence-electron chi connectivity index (χ3n) is 3.37. The van der Waals surface area contributed by atoms with Crippen molar-refractivity contribution in [3.05, 3.63) is 24.5 Å². The molecule has 24 heavy (non-hydrogen) atoms. The van der Waals surface area contributed by atoms with Crippen LogP contribution >= 0.6 is 0 Å². The summed E-state index contributed by atoms with van der Waals surface area (Å²) in [6, 6.07) is 0. The molecule has 0 radical (unpaired) electrons. The fraction of sp³-hybridized carbons (Fsp3) is 0.765. The highest BCUT2D eigenvalue weighted by Gasteiger charge is 2.01. The quantitative estimate of drug-likeness (QED) is 0.343. The van der Waals surface area contributed by atoms with Crippen LogP contribution in [0.25, 0.3) is 0 Å². The highest BCUT2D eigenvalue weighted by Crippen LogP contribution is 2.05. The van der Waals surface area contributed by atoms with Gasteiger partial charge in [-0.25, -0.2) is 4.68 Å². The van der Waals surface area contributed by atoms with Crippen molar-refractivity contribution in [1.82, 2.24) is 15.0 Å². The lowest BCUT2D eigenvalue weighted by atomic mass is 10.1. The zero-order valence-electron chi connectivity index (χ0n) is 14.6. The Bertz CT molecular complexity index is 412. The van der Waals surface area contributed by atoms with Crippen molar-refractivity contribution in [2.75, 3.05) is 46.2 Å². The summed E-state index contributed by atoms with van der Waals surface area (Å²) in [5, 5.41) is 16.8. The molecule has 0 atom stereocenters. The van der Waals surface area contributed by atoms with Crippen molar-refractivity contribution in [1.29, 1.82) is 0 Å². The second-order valence-corrected chi connectivity index (χ2v) is 5.42. The molecule has 1 N–H and O–H groups in total. The molecule has 0 saturated heterocycles. The van der Waals surface area contributed by atoms with Crippen LogP contribution in [0.5, 0.6) is 0 Å². The van der Waals surface area contributed by atoms with Crippen molar-refractivity contribution >= 4 is 0 Å². The first kappa shape index (κ1) is 20.8. The summed E-state index contributed by atoms with van der Waals surface area (Å²) < 4.78 is 17.7. The molecule has 1 heterocycles. The molecule has 7 heteroatoms. The minimum atomic E-state index is 0.0441. The molecular formula is C17H31N3O4. The molecule has 1 rings (SSSR count). The number of aromatic nitrogens is 3. The van der Waals surface area contributed by atoms with Crippen molar-refractivity contribution in [3.63, 3.8) is 0 Å². The molecule has 0 aliphatic heterocycles. The SMILES string of the molecule is C=CCCCCCc1cn(CCOCCOCCOCCO)nn1. The second kappa shape index (κ2) is 15.3. The maximum absolute atomic E-state index is 8.53. The third kappa shape index (κ3) is 11.3. The van der Waals surface area contributed by atoms with Crippen LogP contribution in [0.4, 0.5) is 0 Å². The van der Waals surface area contributed by atoms with E-state index in [0.29, 0.717) is 46.2 Å². The number of aliphatic hydroxyl groups excluding tert-OH is 1. The standard InChI is InChI=1S/C17H31N3O4/c1-2-3-4-5-6-7-17-16-20(19-18-17)8-10-22-12-14-24-15-13-23-11-9-21/h2,16,21H,1,3-15H2. The van der Waals surface area contributed by atoms with Crippen LogP contribution in [0.3, 0.4) is 0 Å². The van der Waals surface area contributed by atoms with Gasteiger partial charge in [0.05, 0.1) is 58.5 Å². The van der Waals surface area contributed by atoms with Gasteiger partial charge in [-0.3, -0.25) is 0 Å². The first-order valence-corrected chi connectivity index (χ1v) is 8.71. The molecule has 0 aromatic carbocycles. The topological polar surface area (TPSA) is 78.6 Å². The van der Waals surface area contributed by atoms with Gasteiger partial charge in [-0.15, -0.1) is 11.7 Å². The van der Waals surface area contributed by atoms with Crippen LogP contribution in [0.2, 0.25) is 0 Å². The molecule has 0 unspecified atom stereocenters. The van der Waals surface area contributed by atoms with Gasteiger partial charge in [-0.2, -0.15) is 0 Å². The fourth-order valence-corrected chi connectivity index (χ4v) is 2.10. The monoisotopic (exact) mass is 341 g/mol. The molecule has 0 saturated carbocycles. The summed E-state index contributed by atoms with van der Waals surface area (Å²) in [5.74, 6) is 0. The minimum Gasteiger partial charge on any atom is -0.394 e. The predicted molar refractivity (Wildman–Crippen MR) is 91.9 cm³/mol. The molecule has 0 aliphatic carbocycles. The number of nitrogens with zero attached hydrogens (tertiary/aromatic N) is 3. The predicted octanol–water partition coefficient (Wildman–Crippen LogP) is 1.61. The molecule has 7 nitrogen and oxygen atoms in total. The first-order valence-electron chi connectivity index (χ1n) is 8.71. The number of hydrogen-bond acceptors (Lipinski definition) is 6. The fourth-order valence-electron chi connectivity index (χ4n) is 2.10. The van der Waals surface area contributed by atoms with Crippen LogP contribution in [0, 0.1) is 0 Å². The Labute approximate surface area is 144 Å². The molecule has 0 fully saturated rings. The average molecular weight is 341 g/mol. The van der Waals surface area contributed by atoms with Crippen LogP contribution in [-0.4, -0.2) is 66.3 Å². The van der Waals surface area contributed by atoms with E-state index >= 15 is 0 Å². The summed E-state index contributed by atoms with van der Waals surface area (Å²) in [5.41, 5.74) is 1.04. The number of rotatable bonds is 17. The maximum Gasteiger partial charge on any atom is 0.0827 e. The normalized spacial score (nSPS) is 11.0. The van der Waals surface area contributed by atoms with E-state index in [-0.39, 0.29) is 6.61 Å². The number of ether oxygens (including phenoxy) is 3. The summed E-state index contributed by atoms with van der Waals surface area (Å²) in [6.45, 7) is 7.51. The highest BCUT2D eigenvalue weighted by atomic mass is 16.5. The number of allylic oxidation sites excluding steroid dienone is 1. The molecule has 0 bridgehead atoms. The van der Waals surface area contributed by atoms with E-state index in [2.05, 4.69) is 16.9 Å². The van der Waals surface area contributed by atoms with Gasteiger partial charge in [-0.05, 0) is 25.7 Å². The smallest absolute Gasteiger partial charge is 0.0827 e. The van der Waals surface area contributed by atoms with Gasteiger partial charge in [0, 0.05) is 6.20 Å². The van der Waals surface area contributed by atoms with Gasteiger partial charge in [0.1, 0.15) is 0 Å². The van der Waals surface area contributed by atoms with Crippen LogP contribution in [0.1, 0.15) is 31.4 Å². The first-order chi connectivity index (χ1) is 11.9. The molecule has 0 aliphatic rings. The molecule has 1 aromatic rings. The van der Waals surface area contributed by atoms with E-state index < -0.39 is 0 Å². The molecule has 0 spiro atoms. The van der Waals surface area contributed by atoms with Gasteiger partial charge >= 0.3 is 0 Å². The van der Waals surface area contributed by atoms with E-state index in [0.717, 1.165) is 25.0 Å². The van der Waals surface area contributed by atoms with Crippen LogP contribution in [0.15, 0.2) is 18.9 Å². The van der Waals surface area contributed by atoms with Gasteiger partial charge in [0.15, 0.2) is 0 Å². The van der Waals surface area contributed by atoms with Crippen molar-refractivity contribution < 1.29 is 19.3 Å². The zero-order chi connectivity index (χ0) is 17.3.